The van der Waals surface area contributed by atoms with Crippen molar-refractivity contribution in [1.82, 2.24) is 20.4 Å². The van der Waals surface area contributed by atoms with E-state index in [-0.39, 0.29) is 31.3 Å². The summed E-state index contributed by atoms with van der Waals surface area (Å²) in [7, 11) is 0. The molecule has 0 aliphatic carbocycles. The van der Waals surface area contributed by atoms with Crippen LogP contribution in [0, 0.1) is 13.8 Å². The van der Waals surface area contributed by atoms with Crippen LogP contribution >= 0.6 is 0 Å². The fraction of sp³-hybridized carbons (Fsp3) is 0.500. The Morgan fingerprint density at radius 3 is 2.70 bits per heavy atom. The van der Waals surface area contributed by atoms with Crippen molar-refractivity contribution >= 4 is 17.8 Å². The molecule has 0 aromatic carbocycles. The van der Waals surface area contributed by atoms with E-state index in [9.17, 15) is 14.4 Å². The largest absolute Gasteiger partial charge is 0.480 e. The van der Waals surface area contributed by atoms with E-state index in [0.717, 1.165) is 16.2 Å². The van der Waals surface area contributed by atoms with Gasteiger partial charge in [0.1, 0.15) is 12.6 Å². The number of aromatic amines is 1. The molecule has 1 aliphatic heterocycles. The van der Waals surface area contributed by atoms with Crippen LogP contribution in [0.15, 0.2) is 0 Å². The van der Waals surface area contributed by atoms with Crippen molar-refractivity contribution in [2.45, 2.75) is 26.3 Å². The standard InChI is InChI=1S/C12H16N4O4/c1-6-8(7(2)15-14-6)3-11(18)16-5-10(17)13-4-9(16)12(19)20/h9H,3-5H2,1-2H3,(H,13,17)(H,14,15)(H,19,20). The van der Waals surface area contributed by atoms with Gasteiger partial charge in [0.2, 0.25) is 11.8 Å². The van der Waals surface area contributed by atoms with Gasteiger partial charge in [-0.15, -0.1) is 0 Å². The van der Waals surface area contributed by atoms with Gasteiger partial charge in [-0.2, -0.15) is 5.10 Å². The molecule has 0 spiro atoms. The van der Waals surface area contributed by atoms with Gasteiger partial charge in [0.15, 0.2) is 0 Å². The average molecular weight is 280 g/mol. The second-order valence-electron chi connectivity index (χ2n) is 4.77. The number of carboxylic acid groups (broad SMARTS) is 1. The number of rotatable bonds is 3. The quantitative estimate of drug-likeness (QED) is 0.655. The van der Waals surface area contributed by atoms with Gasteiger partial charge in [0.05, 0.1) is 12.1 Å². The molecule has 0 radical (unpaired) electrons. The molecule has 8 nitrogen and oxygen atoms in total. The number of carbonyl (C=O) groups is 3. The first-order valence-corrected chi connectivity index (χ1v) is 6.19. The van der Waals surface area contributed by atoms with E-state index >= 15 is 0 Å². The van der Waals surface area contributed by atoms with E-state index in [4.69, 9.17) is 5.11 Å². The summed E-state index contributed by atoms with van der Waals surface area (Å²) in [6.07, 6.45) is 0.0330. The predicted octanol–water partition coefficient (Wildman–Crippen LogP) is -1.02. The molecule has 108 valence electrons. The molecule has 1 aromatic rings. The van der Waals surface area contributed by atoms with Crippen molar-refractivity contribution in [3.63, 3.8) is 0 Å². The van der Waals surface area contributed by atoms with Crippen LogP contribution in [0.3, 0.4) is 0 Å². The number of nitrogens with one attached hydrogen (secondary N) is 2. The van der Waals surface area contributed by atoms with E-state index in [1.54, 1.807) is 13.8 Å². The lowest BCUT2D eigenvalue weighted by Crippen LogP contribution is -2.59. The average Bonchev–Trinajstić information content (AvgIpc) is 2.70. The topological polar surface area (TPSA) is 115 Å². The van der Waals surface area contributed by atoms with Crippen LogP contribution in [-0.2, 0) is 20.8 Å². The third-order valence-corrected chi connectivity index (χ3v) is 3.40. The summed E-state index contributed by atoms with van der Waals surface area (Å²) in [5, 5.41) is 18.3. The van der Waals surface area contributed by atoms with Crippen molar-refractivity contribution in [2.75, 3.05) is 13.1 Å². The van der Waals surface area contributed by atoms with Crippen LogP contribution in [-0.4, -0.2) is 57.1 Å². The van der Waals surface area contributed by atoms with Gasteiger partial charge in [0.25, 0.3) is 0 Å². The lowest BCUT2D eigenvalue weighted by atomic mass is 10.1. The van der Waals surface area contributed by atoms with Crippen LogP contribution in [0.4, 0.5) is 0 Å². The number of nitrogens with zero attached hydrogens (tertiary/aromatic N) is 2. The fourth-order valence-electron chi connectivity index (χ4n) is 2.21. The van der Waals surface area contributed by atoms with E-state index in [1.807, 2.05) is 0 Å². The fourth-order valence-corrected chi connectivity index (χ4v) is 2.21. The number of amides is 2. The van der Waals surface area contributed by atoms with Crippen LogP contribution in [0.5, 0.6) is 0 Å². The minimum atomic E-state index is -1.13. The first kappa shape index (κ1) is 14.0. The van der Waals surface area contributed by atoms with Crippen LogP contribution in [0.1, 0.15) is 17.0 Å². The monoisotopic (exact) mass is 280 g/mol. The van der Waals surface area contributed by atoms with Crippen molar-refractivity contribution in [2.24, 2.45) is 0 Å². The molecular formula is C12H16N4O4. The lowest BCUT2D eigenvalue weighted by Gasteiger charge is -2.32. The van der Waals surface area contributed by atoms with Crippen LogP contribution in [0.25, 0.3) is 0 Å². The maximum absolute atomic E-state index is 12.3. The second-order valence-corrected chi connectivity index (χ2v) is 4.77. The number of piperazine rings is 1. The Labute approximate surface area is 115 Å². The summed E-state index contributed by atoms with van der Waals surface area (Å²) >= 11 is 0. The highest BCUT2D eigenvalue weighted by Crippen LogP contribution is 2.14. The Morgan fingerprint density at radius 2 is 2.15 bits per heavy atom. The predicted molar refractivity (Wildman–Crippen MR) is 67.9 cm³/mol. The molecule has 1 atom stereocenters. The molecule has 2 amide bonds. The minimum Gasteiger partial charge on any atom is -0.480 e. The first-order valence-electron chi connectivity index (χ1n) is 6.19. The Balaban J connectivity index is 2.17. The smallest absolute Gasteiger partial charge is 0.328 e. The third-order valence-electron chi connectivity index (χ3n) is 3.40. The number of H-pyrrole nitrogens is 1. The molecule has 2 rings (SSSR count). The van der Waals surface area contributed by atoms with Gasteiger partial charge < -0.3 is 15.3 Å². The zero-order valence-electron chi connectivity index (χ0n) is 11.3. The number of carboxylic acids is 1. The molecule has 1 saturated heterocycles. The van der Waals surface area contributed by atoms with Gasteiger partial charge >= 0.3 is 5.97 Å². The highest BCUT2D eigenvalue weighted by molar-refractivity contribution is 5.92. The molecule has 1 aromatic heterocycles. The number of aromatic nitrogens is 2. The Bertz CT molecular complexity index is 546. The zero-order chi connectivity index (χ0) is 14.9. The van der Waals surface area contributed by atoms with E-state index in [0.29, 0.717) is 5.69 Å². The number of aliphatic carboxylic acids is 1. The van der Waals surface area contributed by atoms with Gasteiger partial charge in [-0.25, -0.2) is 4.79 Å². The summed E-state index contributed by atoms with van der Waals surface area (Å²) in [5.41, 5.74) is 2.21. The van der Waals surface area contributed by atoms with Gasteiger partial charge in [-0.3, -0.25) is 14.7 Å². The summed E-state index contributed by atoms with van der Waals surface area (Å²) in [5.74, 6) is -1.87. The Kier molecular flexibility index (Phi) is 3.73. The Morgan fingerprint density at radius 1 is 1.45 bits per heavy atom. The molecule has 3 N–H and O–H groups in total. The molecule has 0 bridgehead atoms. The summed E-state index contributed by atoms with van der Waals surface area (Å²) in [6, 6.07) is -1.02. The SMILES string of the molecule is Cc1n[nH]c(C)c1CC(=O)N1CC(=O)NCC1C(=O)O. The third kappa shape index (κ3) is 2.63. The van der Waals surface area contributed by atoms with E-state index < -0.39 is 12.0 Å². The molecule has 2 heterocycles. The highest BCUT2D eigenvalue weighted by atomic mass is 16.4. The number of carbonyl (C=O) groups excluding carboxylic acids is 2. The molecule has 0 saturated carbocycles. The summed E-state index contributed by atoms with van der Waals surface area (Å²) in [4.78, 5) is 35.9. The molecule has 8 heteroatoms. The maximum atomic E-state index is 12.3. The molecule has 20 heavy (non-hydrogen) atoms. The van der Waals surface area contributed by atoms with Crippen molar-refractivity contribution in [1.29, 1.82) is 0 Å². The van der Waals surface area contributed by atoms with Gasteiger partial charge in [0, 0.05) is 17.8 Å². The van der Waals surface area contributed by atoms with E-state index in [1.165, 1.54) is 0 Å². The minimum absolute atomic E-state index is 0.0330. The molecular weight excluding hydrogens is 264 g/mol. The summed E-state index contributed by atoms with van der Waals surface area (Å²) < 4.78 is 0. The van der Waals surface area contributed by atoms with Gasteiger partial charge in [-0.05, 0) is 13.8 Å². The van der Waals surface area contributed by atoms with E-state index in [2.05, 4.69) is 15.5 Å². The molecule has 1 unspecified atom stereocenters. The van der Waals surface area contributed by atoms with Gasteiger partial charge in [-0.1, -0.05) is 0 Å². The molecule has 1 aliphatic rings. The highest BCUT2D eigenvalue weighted by Gasteiger charge is 2.35. The zero-order valence-corrected chi connectivity index (χ0v) is 11.3. The number of hydrogen-bond acceptors (Lipinski definition) is 4. The normalized spacial score (nSPS) is 18.8. The van der Waals surface area contributed by atoms with Crippen molar-refractivity contribution < 1.29 is 19.5 Å². The lowest BCUT2D eigenvalue weighted by molar-refractivity contribution is -0.153. The number of hydrogen-bond donors (Lipinski definition) is 3. The van der Waals surface area contributed by atoms with Crippen molar-refractivity contribution in [3.8, 4) is 0 Å². The van der Waals surface area contributed by atoms with Crippen LogP contribution in [0.2, 0.25) is 0 Å². The first-order chi connectivity index (χ1) is 9.40. The summed E-state index contributed by atoms with van der Waals surface area (Å²) in [6.45, 7) is 3.26. The number of aryl methyl sites for hydroxylation is 2. The Hall–Kier alpha value is -2.38. The maximum Gasteiger partial charge on any atom is 0.328 e. The molecule has 1 fully saturated rings. The van der Waals surface area contributed by atoms with Crippen LogP contribution < -0.4 is 5.32 Å². The van der Waals surface area contributed by atoms with Crippen molar-refractivity contribution in [3.05, 3.63) is 17.0 Å². The second kappa shape index (κ2) is 5.32.